The molecule has 4 nitrogen and oxygen atoms in total. The summed E-state index contributed by atoms with van der Waals surface area (Å²) in [6, 6.07) is 7.69. The Bertz CT molecular complexity index is 434. The van der Waals surface area contributed by atoms with E-state index in [4.69, 9.17) is 9.47 Å². The molecule has 0 radical (unpaired) electrons. The Hall–Kier alpha value is -1.84. The van der Waals surface area contributed by atoms with E-state index < -0.39 is 0 Å². The summed E-state index contributed by atoms with van der Waals surface area (Å²) in [5.41, 5.74) is 1.23. The Labute approximate surface area is 120 Å². The summed E-state index contributed by atoms with van der Waals surface area (Å²) in [6.45, 7) is 6.30. The number of hydrogen-bond acceptors (Lipinski definition) is 4. The fraction of sp³-hybridized carbons (Fsp3) is 0.500. The molecule has 1 rings (SSSR count). The molecule has 110 valence electrons. The maximum atomic E-state index is 11.6. The third-order valence-corrected chi connectivity index (χ3v) is 2.86. The van der Waals surface area contributed by atoms with Crippen LogP contribution in [0.2, 0.25) is 0 Å². The largest absolute Gasteiger partial charge is 0.486 e. The van der Waals surface area contributed by atoms with Gasteiger partial charge in [-0.25, -0.2) is 0 Å². The van der Waals surface area contributed by atoms with Crippen molar-refractivity contribution in [2.45, 2.75) is 39.5 Å². The van der Waals surface area contributed by atoms with E-state index in [1.807, 2.05) is 24.3 Å². The first-order valence-corrected chi connectivity index (χ1v) is 6.93. The van der Waals surface area contributed by atoms with Crippen LogP contribution in [0.1, 0.15) is 45.1 Å². The van der Waals surface area contributed by atoms with Crippen LogP contribution in [0.4, 0.5) is 0 Å². The zero-order chi connectivity index (χ0) is 15.0. The summed E-state index contributed by atoms with van der Waals surface area (Å²) >= 11 is 0. The van der Waals surface area contributed by atoms with Crippen molar-refractivity contribution >= 4 is 11.8 Å². The van der Waals surface area contributed by atoms with Gasteiger partial charge in [-0.2, -0.15) is 0 Å². The van der Waals surface area contributed by atoms with Crippen molar-refractivity contribution in [3.8, 4) is 5.75 Å². The van der Waals surface area contributed by atoms with E-state index >= 15 is 0 Å². The fourth-order valence-corrected chi connectivity index (χ4v) is 1.66. The van der Waals surface area contributed by atoms with E-state index in [0.29, 0.717) is 18.3 Å². The summed E-state index contributed by atoms with van der Waals surface area (Å²) in [7, 11) is 0. The van der Waals surface area contributed by atoms with E-state index in [1.165, 1.54) is 5.56 Å². The zero-order valence-electron chi connectivity index (χ0n) is 12.3. The highest BCUT2D eigenvalue weighted by Crippen LogP contribution is 2.18. The van der Waals surface area contributed by atoms with Crippen LogP contribution in [0, 0.1) is 0 Å². The SMILES string of the molecule is CCOC(=O)CCC(=O)COc1ccc(C(C)C)cc1. The zero-order valence-corrected chi connectivity index (χ0v) is 12.3. The Morgan fingerprint density at radius 3 is 2.30 bits per heavy atom. The van der Waals surface area contributed by atoms with Crippen LogP contribution in [0.15, 0.2) is 24.3 Å². The number of carbonyl (C=O) groups excluding carboxylic acids is 2. The molecule has 20 heavy (non-hydrogen) atoms. The van der Waals surface area contributed by atoms with Crippen LogP contribution >= 0.6 is 0 Å². The van der Waals surface area contributed by atoms with E-state index in [-0.39, 0.29) is 31.2 Å². The van der Waals surface area contributed by atoms with Crippen molar-refractivity contribution in [1.82, 2.24) is 0 Å². The number of ketones is 1. The van der Waals surface area contributed by atoms with Gasteiger partial charge in [-0.1, -0.05) is 26.0 Å². The number of hydrogen-bond donors (Lipinski definition) is 0. The van der Waals surface area contributed by atoms with Crippen LogP contribution in [0.25, 0.3) is 0 Å². The fourth-order valence-electron chi connectivity index (χ4n) is 1.66. The lowest BCUT2D eigenvalue weighted by molar-refractivity contribution is -0.144. The normalized spacial score (nSPS) is 10.4. The molecule has 0 aliphatic carbocycles. The van der Waals surface area contributed by atoms with Gasteiger partial charge in [0.25, 0.3) is 0 Å². The number of carbonyl (C=O) groups is 2. The van der Waals surface area contributed by atoms with E-state index in [1.54, 1.807) is 6.92 Å². The molecule has 0 unspecified atom stereocenters. The minimum absolute atomic E-state index is 0.0135. The molecular weight excluding hydrogens is 256 g/mol. The first kappa shape index (κ1) is 16.2. The molecule has 0 fully saturated rings. The highest BCUT2D eigenvalue weighted by atomic mass is 16.5. The minimum atomic E-state index is -0.345. The summed E-state index contributed by atoms with van der Waals surface area (Å²) in [5, 5.41) is 0. The van der Waals surface area contributed by atoms with Gasteiger partial charge in [0, 0.05) is 6.42 Å². The van der Waals surface area contributed by atoms with Crippen molar-refractivity contribution < 1.29 is 19.1 Å². The maximum absolute atomic E-state index is 11.6. The summed E-state index contributed by atoms with van der Waals surface area (Å²) in [6.07, 6.45) is 0.269. The third kappa shape index (κ3) is 5.87. The highest BCUT2D eigenvalue weighted by molar-refractivity contribution is 5.84. The Balaban J connectivity index is 2.32. The van der Waals surface area contributed by atoms with Crippen molar-refractivity contribution in [3.05, 3.63) is 29.8 Å². The minimum Gasteiger partial charge on any atom is -0.486 e. The Kier molecular flexibility index (Phi) is 6.77. The lowest BCUT2D eigenvalue weighted by atomic mass is 10.0. The standard InChI is InChI=1S/C16H22O4/c1-4-19-16(18)10-7-14(17)11-20-15-8-5-13(6-9-15)12(2)3/h5-6,8-9,12H,4,7,10-11H2,1-3H3. The molecule has 0 spiro atoms. The Morgan fingerprint density at radius 2 is 1.75 bits per heavy atom. The number of ether oxygens (including phenoxy) is 2. The molecule has 0 aliphatic rings. The quantitative estimate of drug-likeness (QED) is 0.686. The van der Waals surface area contributed by atoms with Crippen molar-refractivity contribution in [3.63, 3.8) is 0 Å². The molecule has 0 N–H and O–H groups in total. The molecule has 0 saturated heterocycles. The predicted octanol–water partition coefficient (Wildman–Crippen LogP) is 3.10. The number of esters is 1. The van der Waals surface area contributed by atoms with Gasteiger partial charge in [-0.15, -0.1) is 0 Å². The molecule has 1 aromatic rings. The van der Waals surface area contributed by atoms with E-state index in [0.717, 1.165) is 0 Å². The van der Waals surface area contributed by atoms with E-state index in [2.05, 4.69) is 13.8 Å². The molecule has 1 aromatic carbocycles. The lowest BCUT2D eigenvalue weighted by Crippen LogP contribution is -2.14. The smallest absolute Gasteiger partial charge is 0.306 e. The van der Waals surface area contributed by atoms with Crippen molar-refractivity contribution in [1.29, 1.82) is 0 Å². The van der Waals surface area contributed by atoms with Gasteiger partial charge < -0.3 is 9.47 Å². The average molecular weight is 278 g/mol. The highest BCUT2D eigenvalue weighted by Gasteiger charge is 2.08. The van der Waals surface area contributed by atoms with Crippen LogP contribution in [0.3, 0.4) is 0 Å². The van der Waals surface area contributed by atoms with Gasteiger partial charge in [-0.3, -0.25) is 9.59 Å². The molecule has 0 atom stereocenters. The molecule has 4 heteroatoms. The van der Waals surface area contributed by atoms with Crippen molar-refractivity contribution in [2.75, 3.05) is 13.2 Å². The van der Waals surface area contributed by atoms with Crippen LogP contribution in [0.5, 0.6) is 5.75 Å². The number of benzene rings is 1. The van der Waals surface area contributed by atoms with Crippen molar-refractivity contribution in [2.24, 2.45) is 0 Å². The molecule has 0 saturated carbocycles. The second kappa shape index (κ2) is 8.35. The molecule has 0 heterocycles. The monoisotopic (exact) mass is 278 g/mol. The first-order valence-electron chi connectivity index (χ1n) is 6.93. The number of rotatable bonds is 8. The molecular formula is C16H22O4. The molecule has 0 amide bonds. The Morgan fingerprint density at radius 1 is 1.10 bits per heavy atom. The number of Topliss-reactive ketones (excluding diaryl/α,β-unsaturated/α-hetero) is 1. The second-order valence-electron chi connectivity index (χ2n) is 4.86. The van der Waals surface area contributed by atoms with Gasteiger partial charge in [0.05, 0.1) is 13.0 Å². The molecule has 0 bridgehead atoms. The third-order valence-electron chi connectivity index (χ3n) is 2.86. The predicted molar refractivity (Wildman–Crippen MR) is 76.9 cm³/mol. The van der Waals surface area contributed by atoms with Gasteiger partial charge in [0.2, 0.25) is 0 Å². The van der Waals surface area contributed by atoms with Gasteiger partial charge >= 0.3 is 5.97 Å². The first-order chi connectivity index (χ1) is 9.52. The topological polar surface area (TPSA) is 52.6 Å². The van der Waals surface area contributed by atoms with Crippen LogP contribution < -0.4 is 4.74 Å². The maximum Gasteiger partial charge on any atom is 0.306 e. The van der Waals surface area contributed by atoms with Crippen LogP contribution in [-0.4, -0.2) is 25.0 Å². The summed E-state index contributed by atoms with van der Waals surface area (Å²) in [5.74, 6) is 0.683. The van der Waals surface area contributed by atoms with Gasteiger partial charge in [-0.05, 0) is 30.5 Å². The molecule has 0 aromatic heterocycles. The summed E-state index contributed by atoms with van der Waals surface area (Å²) in [4.78, 5) is 22.7. The van der Waals surface area contributed by atoms with Crippen LogP contribution in [-0.2, 0) is 14.3 Å². The second-order valence-corrected chi connectivity index (χ2v) is 4.86. The summed E-state index contributed by atoms with van der Waals surface area (Å²) < 4.78 is 10.2. The van der Waals surface area contributed by atoms with E-state index in [9.17, 15) is 9.59 Å². The average Bonchev–Trinajstić information content (AvgIpc) is 2.43. The molecule has 0 aliphatic heterocycles. The van der Waals surface area contributed by atoms with Gasteiger partial charge in [0.1, 0.15) is 12.4 Å². The lowest BCUT2D eigenvalue weighted by Gasteiger charge is -2.08. The van der Waals surface area contributed by atoms with Gasteiger partial charge in [0.15, 0.2) is 5.78 Å².